The average Bonchev–Trinajstić information content (AvgIpc) is 2.47. The minimum atomic E-state index is -0.417. The molecule has 0 bridgehead atoms. The lowest BCUT2D eigenvalue weighted by molar-refractivity contribution is 0.0944. The molecule has 1 amide bonds. The highest BCUT2D eigenvalue weighted by Gasteiger charge is 2.11. The zero-order valence-corrected chi connectivity index (χ0v) is 11.9. The second kappa shape index (κ2) is 6.85. The van der Waals surface area contributed by atoms with Gasteiger partial charge in [-0.3, -0.25) is 4.79 Å². The van der Waals surface area contributed by atoms with Crippen molar-refractivity contribution in [2.24, 2.45) is 0 Å². The highest BCUT2D eigenvalue weighted by atomic mass is 35.5. The van der Waals surface area contributed by atoms with Gasteiger partial charge in [0.15, 0.2) is 0 Å². The molecule has 0 spiro atoms. The fourth-order valence-corrected chi connectivity index (χ4v) is 1.89. The number of nitrogens with one attached hydrogen (secondary N) is 1. The van der Waals surface area contributed by atoms with Gasteiger partial charge in [0.05, 0.1) is 17.8 Å². The number of anilines is 1. The van der Waals surface area contributed by atoms with Crippen LogP contribution in [0.1, 0.15) is 10.4 Å². The Morgan fingerprint density at radius 1 is 1.29 bits per heavy atom. The molecule has 0 aliphatic heterocycles. The number of rotatable bonds is 5. The third kappa shape index (κ3) is 4.03. The number of phenols is 1. The monoisotopic (exact) mass is 306 g/mol. The Kier molecular flexibility index (Phi) is 4.90. The molecule has 0 atom stereocenters. The minimum Gasteiger partial charge on any atom is -0.507 e. The smallest absolute Gasteiger partial charge is 0.255 e. The van der Waals surface area contributed by atoms with Crippen LogP contribution in [0, 0.1) is 0 Å². The van der Waals surface area contributed by atoms with Crippen LogP contribution in [-0.4, -0.2) is 24.2 Å². The number of carbonyl (C=O) groups is 1. The number of halogens is 1. The first kappa shape index (κ1) is 15.0. The maximum absolute atomic E-state index is 11.9. The van der Waals surface area contributed by atoms with Gasteiger partial charge in [-0.05, 0) is 30.3 Å². The Hall–Kier alpha value is -2.40. The van der Waals surface area contributed by atoms with E-state index in [1.165, 1.54) is 18.2 Å². The minimum absolute atomic E-state index is 0.120. The third-order valence-electron chi connectivity index (χ3n) is 2.77. The molecule has 0 heterocycles. The largest absolute Gasteiger partial charge is 0.507 e. The molecule has 0 saturated heterocycles. The summed E-state index contributed by atoms with van der Waals surface area (Å²) in [5.41, 5.74) is 6.39. The van der Waals surface area contributed by atoms with Crippen molar-refractivity contribution >= 4 is 23.2 Å². The summed E-state index contributed by atoms with van der Waals surface area (Å²) in [4.78, 5) is 11.9. The average molecular weight is 307 g/mol. The van der Waals surface area contributed by atoms with Crippen molar-refractivity contribution in [1.29, 1.82) is 0 Å². The molecule has 2 aromatic carbocycles. The van der Waals surface area contributed by atoms with Crippen molar-refractivity contribution in [1.82, 2.24) is 5.32 Å². The van der Waals surface area contributed by atoms with E-state index in [0.29, 0.717) is 16.5 Å². The maximum Gasteiger partial charge on any atom is 0.255 e. The van der Waals surface area contributed by atoms with Crippen molar-refractivity contribution in [2.75, 3.05) is 18.9 Å². The van der Waals surface area contributed by atoms with E-state index in [0.717, 1.165) is 0 Å². The van der Waals surface area contributed by atoms with Crippen LogP contribution in [0.25, 0.3) is 0 Å². The Morgan fingerprint density at radius 3 is 2.81 bits per heavy atom. The zero-order chi connectivity index (χ0) is 15.2. The Labute approximate surface area is 127 Å². The first-order valence-corrected chi connectivity index (χ1v) is 6.70. The summed E-state index contributed by atoms with van der Waals surface area (Å²) in [7, 11) is 0. The maximum atomic E-state index is 11.9. The van der Waals surface area contributed by atoms with E-state index < -0.39 is 5.91 Å². The van der Waals surface area contributed by atoms with E-state index in [1.807, 2.05) is 12.1 Å². The lowest BCUT2D eigenvalue weighted by Crippen LogP contribution is -2.28. The number of nitrogens with two attached hydrogens (primary N) is 1. The van der Waals surface area contributed by atoms with Crippen molar-refractivity contribution in [3.05, 3.63) is 53.1 Å². The molecular formula is C15H15ClN2O3. The second-order valence-corrected chi connectivity index (χ2v) is 4.74. The van der Waals surface area contributed by atoms with E-state index in [9.17, 15) is 9.90 Å². The molecular weight excluding hydrogens is 292 g/mol. The van der Waals surface area contributed by atoms with Crippen molar-refractivity contribution in [2.45, 2.75) is 0 Å². The Morgan fingerprint density at radius 2 is 2.05 bits per heavy atom. The lowest BCUT2D eigenvalue weighted by atomic mass is 10.2. The molecule has 0 aliphatic carbocycles. The van der Waals surface area contributed by atoms with Gasteiger partial charge in [-0.2, -0.15) is 0 Å². The third-order valence-corrected chi connectivity index (χ3v) is 3.00. The van der Waals surface area contributed by atoms with Crippen LogP contribution in [-0.2, 0) is 0 Å². The standard InChI is InChI=1S/C15H15ClN2O3/c16-10-5-6-13(19)11(9-10)15(20)18-7-8-21-14-4-2-1-3-12(14)17/h1-6,9,19H,7-8,17H2,(H,18,20). The summed E-state index contributed by atoms with van der Waals surface area (Å²) in [6.07, 6.45) is 0. The summed E-state index contributed by atoms with van der Waals surface area (Å²) in [5, 5.41) is 12.6. The van der Waals surface area contributed by atoms with Gasteiger partial charge in [0.2, 0.25) is 0 Å². The normalized spacial score (nSPS) is 10.1. The topological polar surface area (TPSA) is 84.6 Å². The van der Waals surface area contributed by atoms with Gasteiger partial charge in [-0.25, -0.2) is 0 Å². The number of hydrogen-bond donors (Lipinski definition) is 3. The van der Waals surface area contributed by atoms with Crippen LogP contribution in [0.5, 0.6) is 11.5 Å². The molecule has 5 nitrogen and oxygen atoms in total. The van der Waals surface area contributed by atoms with E-state index in [2.05, 4.69) is 5.32 Å². The van der Waals surface area contributed by atoms with Crippen molar-refractivity contribution < 1.29 is 14.6 Å². The quantitative estimate of drug-likeness (QED) is 0.585. The zero-order valence-electron chi connectivity index (χ0n) is 11.2. The van der Waals surface area contributed by atoms with Crippen LogP contribution >= 0.6 is 11.6 Å². The second-order valence-electron chi connectivity index (χ2n) is 4.30. The van der Waals surface area contributed by atoms with Crippen LogP contribution in [0.3, 0.4) is 0 Å². The Balaban J connectivity index is 1.85. The number of hydrogen-bond acceptors (Lipinski definition) is 4. The van der Waals surface area contributed by atoms with Crippen molar-refractivity contribution in [3.63, 3.8) is 0 Å². The van der Waals surface area contributed by atoms with Gasteiger partial charge in [-0.15, -0.1) is 0 Å². The highest BCUT2D eigenvalue weighted by molar-refractivity contribution is 6.31. The molecule has 0 unspecified atom stereocenters. The molecule has 0 aliphatic rings. The van der Waals surface area contributed by atoms with Gasteiger partial charge in [0.25, 0.3) is 5.91 Å². The number of aromatic hydroxyl groups is 1. The highest BCUT2D eigenvalue weighted by Crippen LogP contribution is 2.21. The molecule has 2 aromatic rings. The molecule has 0 aromatic heterocycles. The molecule has 0 radical (unpaired) electrons. The predicted octanol–water partition coefficient (Wildman–Crippen LogP) is 2.44. The van der Waals surface area contributed by atoms with Gasteiger partial charge in [-0.1, -0.05) is 23.7 Å². The van der Waals surface area contributed by atoms with E-state index >= 15 is 0 Å². The summed E-state index contributed by atoms with van der Waals surface area (Å²) >= 11 is 5.79. The molecule has 110 valence electrons. The predicted molar refractivity (Wildman–Crippen MR) is 81.8 cm³/mol. The first-order chi connectivity index (χ1) is 10.1. The summed E-state index contributed by atoms with van der Waals surface area (Å²) < 4.78 is 5.45. The summed E-state index contributed by atoms with van der Waals surface area (Å²) in [6, 6.07) is 11.4. The van der Waals surface area contributed by atoms with Crippen LogP contribution in [0.15, 0.2) is 42.5 Å². The van der Waals surface area contributed by atoms with Crippen molar-refractivity contribution in [3.8, 4) is 11.5 Å². The number of benzene rings is 2. The van der Waals surface area contributed by atoms with Crippen LogP contribution in [0.4, 0.5) is 5.69 Å². The Bertz CT molecular complexity index is 647. The number of amides is 1. The number of phenolic OH excluding ortho intramolecular Hbond substituents is 1. The van der Waals surface area contributed by atoms with E-state index in [1.54, 1.807) is 12.1 Å². The number of nitrogen functional groups attached to an aromatic ring is 1. The summed E-state index contributed by atoms with van der Waals surface area (Å²) in [5.74, 6) is 0.0297. The number of ether oxygens (including phenoxy) is 1. The number of para-hydroxylation sites is 2. The molecule has 0 fully saturated rings. The molecule has 2 rings (SSSR count). The molecule has 6 heteroatoms. The van der Waals surface area contributed by atoms with Gasteiger partial charge < -0.3 is 20.9 Å². The lowest BCUT2D eigenvalue weighted by Gasteiger charge is -2.10. The fourth-order valence-electron chi connectivity index (χ4n) is 1.72. The summed E-state index contributed by atoms with van der Waals surface area (Å²) in [6.45, 7) is 0.542. The first-order valence-electron chi connectivity index (χ1n) is 6.32. The molecule has 0 saturated carbocycles. The molecule has 21 heavy (non-hydrogen) atoms. The molecule has 4 N–H and O–H groups in total. The fraction of sp³-hybridized carbons (Fsp3) is 0.133. The van der Waals surface area contributed by atoms with E-state index in [4.69, 9.17) is 22.1 Å². The van der Waals surface area contributed by atoms with Gasteiger partial charge >= 0.3 is 0 Å². The van der Waals surface area contributed by atoms with E-state index in [-0.39, 0.29) is 24.5 Å². The SMILES string of the molecule is Nc1ccccc1OCCNC(=O)c1cc(Cl)ccc1O. The van der Waals surface area contributed by atoms with Gasteiger partial charge in [0, 0.05) is 5.02 Å². The number of carbonyl (C=O) groups excluding carboxylic acids is 1. The van der Waals surface area contributed by atoms with Crippen LogP contribution < -0.4 is 15.8 Å². The van der Waals surface area contributed by atoms with Crippen LogP contribution in [0.2, 0.25) is 5.02 Å². The van der Waals surface area contributed by atoms with Gasteiger partial charge in [0.1, 0.15) is 18.1 Å².